The Morgan fingerprint density at radius 2 is 1.76 bits per heavy atom. The topological polar surface area (TPSA) is 47.3 Å². The van der Waals surface area contributed by atoms with E-state index in [9.17, 15) is 4.79 Å². The molecule has 97 valence electrons. The number of amides is 1. The predicted octanol–water partition coefficient (Wildman–Crippen LogP) is 1.06. The number of nitrogens with zero attached hydrogens (tertiary/aromatic N) is 3. The Hall–Kier alpha value is -0.678. The molecule has 1 saturated heterocycles. The second-order valence-electron chi connectivity index (χ2n) is 3.85. The molecule has 1 fully saturated rings. The Kier molecular flexibility index (Phi) is 11.5. The number of hydrogen-bond donors (Lipinski definition) is 0. The summed E-state index contributed by atoms with van der Waals surface area (Å²) in [4.78, 5) is 15.3. The molecule has 0 aromatic heterocycles. The smallest absolute Gasteiger partial charge is 0.0868 e. The van der Waals surface area contributed by atoms with Crippen molar-refractivity contribution in [2.75, 3.05) is 26.2 Å². The number of nitriles is 1. The monoisotopic (exact) mass is 409 g/mol. The fourth-order valence-corrected chi connectivity index (χ4v) is 1.56. The summed E-state index contributed by atoms with van der Waals surface area (Å²) in [7, 11) is 0. The van der Waals surface area contributed by atoms with E-state index in [0.29, 0.717) is 6.04 Å². The van der Waals surface area contributed by atoms with E-state index in [2.05, 4.69) is 18.7 Å². The van der Waals surface area contributed by atoms with Gasteiger partial charge >= 0.3 is 0 Å². The first-order valence-electron chi connectivity index (χ1n) is 5.45. The van der Waals surface area contributed by atoms with E-state index in [1.54, 1.807) is 11.0 Å². The van der Waals surface area contributed by atoms with Gasteiger partial charge in [-0.2, -0.15) is 11.3 Å². The Morgan fingerprint density at radius 1 is 1.35 bits per heavy atom. The van der Waals surface area contributed by atoms with Gasteiger partial charge in [-0.3, -0.25) is 11.5 Å². The van der Waals surface area contributed by atoms with Crippen molar-refractivity contribution in [2.45, 2.75) is 26.8 Å². The Bertz CT molecular complexity index is 265. The summed E-state index contributed by atoms with van der Waals surface area (Å²) in [6.07, 6.45) is 1.14. The minimum atomic E-state index is -0.0524. The third kappa shape index (κ3) is 7.28. The van der Waals surface area contributed by atoms with E-state index in [1.165, 1.54) is 6.92 Å². The molecule has 1 aliphatic rings. The summed E-state index contributed by atoms with van der Waals surface area (Å²) < 4.78 is 0. The molecule has 0 aliphatic carbocycles. The number of carbonyl (C=O) groups is 1. The molecule has 1 aliphatic heterocycles. The van der Waals surface area contributed by atoms with Crippen LogP contribution >= 0.6 is 0 Å². The van der Waals surface area contributed by atoms with Crippen molar-refractivity contribution in [3.05, 3.63) is 12.7 Å². The molecule has 5 heteroatoms. The summed E-state index contributed by atoms with van der Waals surface area (Å²) in [6.45, 7) is 14.4. The molecule has 0 N–H and O–H groups in total. The van der Waals surface area contributed by atoms with E-state index < -0.39 is 0 Å². The molecule has 1 amide bonds. The van der Waals surface area contributed by atoms with Gasteiger partial charge in [0.25, 0.3) is 0 Å². The molecular weight excluding hydrogens is 388 g/mol. The summed E-state index contributed by atoms with van der Waals surface area (Å²) in [5, 5.41) is 7.32. The quantitative estimate of drug-likeness (QED) is 0.507. The van der Waals surface area contributed by atoms with Gasteiger partial charge in [0.15, 0.2) is 0 Å². The van der Waals surface area contributed by atoms with Gasteiger partial charge in [0.2, 0.25) is 0 Å². The molecule has 1 radical (unpaired) electrons. The van der Waals surface area contributed by atoms with Gasteiger partial charge in [-0.25, -0.2) is 0 Å². The van der Waals surface area contributed by atoms with Crippen LogP contribution in [-0.4, -0.2) is 47.9 Å². The second-order valence-corrected chi connectivity index (χ2v) is 3.85. The molecular formula is C12H20N3ORe-. The molecule has 0 saturated carbocycles. The first-order valence-corrected chi connectivity index (χ1v) is 5.45. The minimum Gasteiger partial charge on any atom is -0.415 e. The number of rotatable bonds is 2. The molecule has 0 atom stereocenters. The van der Waals surface area contributed by atoms with Gasteiger partial charge in [0.05, 0.1) is 12.0 Å². The zero-order valence-electron chi connectivity index (χ0n) is 10.7. The van der Waals surface area contributed by atoms with Gasteiger partial charge in [-0.15, -0.1) is 0 Å². The van der Waals surface area contributed by atoms with E-state index in [1.807, 2.05) is 0 Å². The Morgan fingerprint density at radius 3 is 2.06 bits per heavy atom. The van der Waals surface area contributed by atoms with E-state index in [0.717, 1.165) is 32.3 Å². The van der Waals surface area contributed by atoms with Crippen LogP contribution < -0.4 is 0 Å². The van der Waals surface area contributed by atoms with Crippen LogP contribution in [0.4, 0.5) is 0 Å². The van der Waals surface area contributed by atoms with Crippen molar-refractivity contribution in [1.29, 1.82) is 5.26 Å². The van der Waals surface area contributed by atoms with Crippen LogP contribution in [0.3, 0.4) is 0 Å². The van der Waals surface area contributed by atoms with Gasteiger partial charge in [-0.1, -0.05) is 0 Å². The molecule has 0 aromatic rings. The maximum absolute atomic E-state index is 11.2. The molecule has 4 nitrogen and oxygen atoms in total. The predicted molar refractivity (Wildman–Crippen MR) is 63.4 cm³/mol. The average Bonchev–Trinajstić information content (AvgIpc) is 2.29. The van der Waals surface area contributed by atoms with Crippen LogP contribution in [0.1, 0.15) is 20.8 Å². The van der Waals surface area contributed by atoms with E-state index in [4.69, 9.17) is 11.8 Å². The van der Waals surface area contributed by atoms with Gasteiger partial charge in [0.1, 0.15) is 0 Å². The summed E-state index contributed by atoms with van der Waals surface area (Å²) in [5.74, 6) is -0.0524. The summed E-state index contributed by atoms with van der Waals surface area (Å²) in [5.41, 5.74) is 0. The Labute approximate surface area is 118 Å². The normalized spacial score (nSPS) is 15.1. The van der Waals surface area contributed by atoms with Crippen LogP contribution in [0.2, 0.25) is 0 Å². The second kappa shape index (κ2) is 10.5. The van der Waals surface area contributed by atoms with Crippen molar-refractivity contribution >= 4 is 5.91 Å². The third-order valence-electron chi connectivity index (χ3n) is 2.50. The van der Waals surface area contributed by atoms with Crippen LogP contribution in [0.5, 0.6) is 0 Å². The van der Waals surface area contributed by atoms with Gasteiger partial charge < -0.3 is 9.69 Å². The number of hydrogen-bond acceptors (Lipinski definition) is 3. The van der Waals surface area contributed by atoms with E-state index >= 15 is 0 Å². The molecule has 1 rings (SSSR count). The maximum atomic E-state index is 11.2. The van der Waals surface area contributed by atoms with Crippen LogP contribution in [0.15, 0.2) is 6.08 Å². The molecule has 0 spiro atoms. The van der Waals surface area contributed by atoms with Crippen molar-refractivity contribution in [2.24, 2.45) is 0 Å². The van der Waals surface area contributed by atoms with Crippen molar-refractivity contribution in [1.82, 2.24) is 9.80 Å². The fraction of sp³-hybridized carbons (Fsp3) is 0.667. The summed E-state index contributed by atoms with van der Waals surface area (Å²) >= 11 is 0. The van der Waals surface area contributed by atoms with Crippen LogP contribution in [-0.2, 0) is 25.2 Å². The van der Waals surface area contributed by atoms with Crippen molar-refractivity contribution in [3.63, 3.8) is 0 Å². The van der Waals surface area contributed by atoms with Crippen LogP contribution in [0, 0.1) is 17.9 Å². The average molecular weight is 409 g/mol. The maximum Gasteiger partial charge on any atom is 0.0868 e. The SMILES string of the molecule is CC#N.[CH-]=CC(=O)N1CCN(C(C)C)CC1.[Re]. The standard InChI is InChI=1S/C10H17N2O.C2H3N.Re/c1-4-10(13)12-7-5-11(6-8-12)9(2)3;1-2-3;/h1,4,9H,5-8H2,2-3H3;1H3;/q-1;;. The van der Waals surface area contributed by atoms with Crippen LogP contribution in [0.25, 0.3) is 0 Å². The third-order valence-corrected chi connectivity index (χ3v) is 2.50. The molecule has 1 heterocycles. The molecule has 17 heavy (non-hydrogen) atoms. The molecule has 0 bridgehead atoms. The first-order chi connectivity index (χ1) is 7.56. The largest absolute Gasteiger partial charge is 0.415 e. The number of carbonyl (C=O) groups excluding carboxylic acids is 1. The number of piperazine rings is 1. The molecule has 0 unspecified atom stereocenters. The van der Waals surface area contributed by atoms with Crippen molar-refractivity contribution in [3.8, 4) is 6.07 Å². The zero-order chi connectivity index (χ0) is 12.6. The first kappa shape index (κ1) is 18.7. The summed E-state index contributed by atoms with van der Waals surface area (Å²) in [6, 6.07) is 2.32. The Balaban J connectivity index is 0. The van der Waals surface area contributed by atoms with Gasteiger partial charge in [-0.05, 0) is 13.8 Å². The zero-order valence-corrected chi connectivity index (χ0v) is 13.4. The van der Waals surface area contributed by atoms with Crippen molar-refractivity contribution < 1.29 is 25.2 Å². The minimum absolute atomic E-state index is 0. The fourth-order valence-electron chi connectivity index (χ4n) is 1.56. The van der Waals surface area contributed by atoms with E-state index in [-0.39, 0.29) is 26.3 Å². The van der Waals surface area contributed by atoms with Gasteiger partial charge in [0, 0.05) is 59.6 Å². The molecule has 0 aromatic carbocycles.